The number of likely N-dealkylation sites (tertiary alicyclic amines) is 1. The standard InChI is InChI=1S/C21H31N5O/c1-17-7-9-19(10-8-17)23-21(27)26-13-4-6-18(16-26)20-22-11-15-25(20)14-5-12-24(2)3/h7-11,15,18H,4-6,12-14,16H2,1-3H3,(H,23,27)/t18-/m1/s1. The average molecular weight is 370 g/mol. The number of carbonyl (C=O) groups excluding carboxylic acids is 1. The molecular weight excluding hydrogens is 338 g/mol. The van der Waals surface area contributed by atoms with E-state index in [4.69, 9.17) is 0 Å². The van der Waals surface area contributed by atoms with Crippen LogP contribution in [-0.2, 0) is 6.54 Å². The molecule has 1 saturated heterocycles. The van der Waals surface area contributed by atoms with Gasteiger partial charge in [0.05, 0.1) is 0 Å². The van der Waals surface area contributed by atoms with Crippen molar-refractivity contribution in [1.29, 1.82) is 0 Å². The molecule has 1 aliphatic heterocycles. The van der Waals surface area contributed by atoms with Gasteiger partial charge in [-0.1, -0.05) is 17.7 Å². The predicted molar refractivity (Wildman–Crippen MR) is 109 cm³/mol. The number of piperidine rings is 1. The highest BCUT2D eigenvalue weighted by Crippen LogP contribution is 2.26. The number of hydrogen-bond acceptors (Lipinski definition) is 3. The van der Waals surface area contributed by atoms with Gasteiger partial charge >= 0.3 is 6.03 Å². The van der Waals surface area contributed by atoms with Crippen molar-refractivity contribution in [1.82, 2.24) is 19.4 Å². The minimum Gasteiger partial charge on any atom is -0.335 e. The quantitative estimate of drug-likeness (QED) is 0.847. The van der Waals surface area contributed by atoms with E-state index < -0.39 is 0 Å². The van der Waals surface area contributed by atoms with Crippen LogP contribution >= 0.6 is 0 Å². The van der Waals surface area contributed by atoms with E-state index in [-0.39, 0.29) is 6.03 Å². The molecule has 0 spiro atoms. The van der Waals surface area contributed by atoms with Crippen molar-refractivity contribution in [3.8, 4) is 0 Å². The first-order valence-electron chi connectivity index (χ1n) is 9.81. The van der Waals surface area contributed by atoms with Crippen molar-refractivity contribution in [2.24, 2.45) is 0 Å². The largest absolute Gasteiger partial charge is 0.335 e. The number of imidazole rings is 1. The summed E-state index contributed by atoms with van der Waals surface area (Å²) in [6, 6.07) is 7.91. The fourth-order valence-corrected chi connectivity index (χ4v) is 3.64. The maximum Gasteiger partial charge on any atom is 0.321 e. The minimum atomic E-state index is -0.0192. The highest BCUT2D eigenvalue weighted by molar-refractivity contribution is 5.89. The lowest BCUT2D eigenvalue weighted by atomic mass is 9.97. The monoisotopic (exact) mass is 369 g/mol. The third-order valence-corrected chi connectivity index (χ3v) is 5.13. The molecule has 1 fully saturated rings. The molecule has 3 rings (SSSR count). The number of aromatic nitrogens is 2. The van der Waals surface area contributed by atoms with Crippen LogP contribution in [0.4, 0.5) is 10.5 Å². The summed E-state index contributed by atoms with van der Waals surface area (Å²) in [6.07, 6.45) is 7.14. The third kappa shape index (κ3) is 5.32. The number of nitrogens with one attached hydrogen (secondary N) is 1. The van der Waals surface area contributed by atoms with Crippen LogP contribution in [-0.4, -0.2) is 59.1 Å². The number of hydrogen-bond donors (Lipinski definition) is 1. The molecular formula is C21H31N5O. The first-order valence-corrected chi connectivity index (χ1v) is 9.81. The zero-order chi connectivity index (χ0) is 19.2. The topological polar surface area (TPSA) is 53.4 Å². The molecule has 0 unspecified atom stereocenters. The normalized spacial score (nSPS) is 17.3. The van der Waals surface area contributed by atoms with Gasteiger partial charge in [0.15, 0.2) is 0 Å². The van der Waals surface area contributed by atoms with Crippen LogP contribution in [0, 0.1) is 6.92 Å². The molecule has 2 aromatic rings. The maximum absolute atomic E-state index is 12.7. The molecule has 1 aliphatic rings. The Morgan fingerprint density at radius 3 is 2.81 bits per heavy atom. The lowest BCUT2D eigenvalue weighted by Gasteiger charge is -2.32. The van der Waals surface area contributed by atoms with Crippen molar-refractivity contribution in [3.63, 3.8) is 0 Å². The SMILES string of the molecule is Cc1ccc(NC(=O)N2CCC[C@@H](c3nccn3CCCN(C)C)C2)cc1. The van der Waals surface area contributed by atoms with Gasteiger partial charge in [-0.15, -0.1) is 0 Å². The van der Waals surface area contributed by atoms with E-state index >= 15 is 0 Å². The Balaban J connectivity index is 1.60. The number of urea groups is 1. The Morgan fingerprint density at radius 2 is 2.07 bits per heavy atom. The van der Waals surface area contributed by atoms with Crippen molar-refractivity contribution in [2.75, 3.05) is 39.0 Å². The lowest BCUT2D eigenvalue weighted by Crippen LogP contribution is -2.42. The van der Waals surface area contributed by atoms with Crippen molar-refractivity contribution in [3.05, 3.63) is 48.0 Å². The molecule has 0 aliphatic carbocycles. The van der Waals surface area contributed by atoms with Crippen molar-refractivity contribution >= 4 is 11.7 Å². The summed E-state index contributed by atoms with van der Waals surface area (Å²) in [5.41, 5.74) is 2.03. The van der Waals surface area contributed by atoms with Gasteiger partial charge in [0.1, 0.15) is 5.82 Å². The summed E-state index contributed by atoms with van der Waals surface area (Å²) in [5.74, 6) is 1.42. The van der Waals surface area contributed by atoms with E-state index in [1.54, 1.807) is 0 Å². The number of carbonyl (C=O) groups is 1. The Labute approximate surface area is 162 Å². The number of aryl methyl sites for hydroxylation is 2. The maximum atomic E-state index is 12.7. The second kappa shape index (κ2) is 9.04. The van der Waals surface area contributed by atoms with Crippen LogP contribution in [0.2, 0.25) is 0 Å². The van der Waals surface area contributed by atoms with E-state index in [1.165, 1.54) is 5.56 Å². The van der Waals surface area contributed by atoms with Gasteiger partial charge in [0, 0.05) is 43.6 Å². The molecule has 0 saturated carbocycles. The second-order valence-corrected chi connectivity index (χ2v) is 7.72. The molecule has 2 heterocycles. The molecule has 1 atom stereocenters. The van der Waals surface area contributed by atoms with Gasteiger partial charge in [-0.25, -0.2) is 9.78 Å². The number of amides is 2. The van der Waals surface area contributed by atoms with E-state index in [9.17, 15) is 4.79 Å². The van der Waals surface area contributed by atoms with E-state index in [1.807, 2.05) is 42.3 Å². The van der Waals surface area contributed by atoms with E-state index in [0.717, 1.165) is 57.0 Å². The molecule has 1 N–H and O–H groups in total. The van der Waals surface area contributed by atoms with Crippen LogP contribution in [0.3, 0.4) is 0 Å². The smallest absolute Gasteiger partial charge is 0.321 e. The molecule has 0 radical (unpaired) electrons. The van der Waals surface area contributed by atoms with Gasteiger partial charge in [0.2, 0.25) is 0 Å². The van der Waals surface area contributed by atoms with Crippen molar-refractivity contribution < 1.29 is 4.79 Å². The first-order chi connectivity index (χ1) is 13.0. The Morgan fingerprint density at radius 1 is 1.30 bits per heavy atom. The zero-order valence-electron chi connectivity index (χ0n) is 16.7. The van der Waals surface area contributed by atoms with Crippen LogP contribution in [0.15, 0.2) is 36.7 Å². The van der Waals surface area contributed by atoms with E-state index in [0.29, 0.717) is 5.92 Å². The summed E-state index contributed by atoms with van der Waals surface area (Å²) in [5, 5.41) is 3.02. The summed E-state index contributed by atoms with van der Waals surface area (Å²) < 4.78 is 2.26. The van der Waals surface area contributed by atoms with Crippen LogP contribution in [0.1, 0.15) is 36.6 Å². The minimum absolute atomic E-state index is 0.0192. The third-order valence-electron chi connectivity index (χ3n) is 5.13. The van der Waals surface area contributed by atoms with Crippen LogP contribution in [0.25, 0.3) is 0 Å². The molecule has 1 aromatic carbocycles. The van der Waals surface area contributed by atoms with Gasteiger partial charge in [-0.3, -0.25) is 0 Å². The number of benzene rings is 1. The Kier molecular flexibility index (Phi) is 6.50. The zero-order valence-corrected chi connectivity index (χ0v) is 16.7. The van der Waals surface area contributed by atoms with Crippen LogP contribution in [0.5, 0.6) is 0 Å². The molecule has 6 heteroatoms. The summed E-state index contributed by atoms with van der Waals surface area (Å²) in [7, 11) is 4.20. The number of rotatable bonds is 6. The molecule has 2 amide bonds. The predicted octanol–water partition coefficient (Wildman–Crippen LogP) is 3.55. The van der Waals surface area contributed by atoms with Crippen molar-refractivity contribution in [2.45, 2.75) is 38.6 Å². The molecule has 0 bridgehead atoms. The lowest BCUT2D eigenvalue weighted by molar-refractivity contribution is 0.190. The molecule has 27 heavy (non-hydrogen) atoms. The highest BCUT2D eigenvalue weighted by Gasteiger charge is 2.27. The van der Waals surface area contributed by atoms with Gasteiger partial charge in [0.25, 0.3) is 0 Å². The second-order valence-electron chi connectivity index (χ2n) is 7.72. The van der Waals surface area contributed by atoms with Gasteiger partial charge in [-0.2, -0.15) is 0 Å². The van der Waals surface area contributed by atoms with Crippen LogP contribution < -0.4 is 5.32 Å². The molecule has 1 aromatic heterocycles. The van der Waals surface area contributed by atoms with E-state index in [2.05, 4.69) is 40.1 Å². The average Bonchev–Trinajstić information content (AvgIpc) is 3.12. The van der Waals surface area contributed by atoms with Gasteiger partial charge < -0.3 is 19.7 Å². The fraction of sp³-hybridized carbons (Fsp3) is 0.524. The highest BCUT2D eigenvalue weighted by atomic mass is 16.2. The Bertz CT molecular complexity index is 737. The fourth-order valence-electron chi connectivity index (χ4n) is 3.64. The summed E-state index contributed by atoms with van der Waals surface area (Å²) >= 11 is 0. The number of anilines is 1. The summed E-state index contributed by atoms with van der Waals surface area (Å²) in [4.78, 5) is 21.4. The number of nitrogens with zero attached hydrogens (tertiary/aromatic N) is 4. The molecule has 146 valence electrons. The molecule has 6 nitrogen and oxygen atoms in total. The first kappa shape index (κ1) is 19.4. The summed E-state index contributed by atoms with van der Waals surface area (Å²) in [6.45, 7) is 5.60. The Hall–Kier alpha value is -2.34. The van der Waals surface area contributed by atoms with Gasteiger partial charge in [-0.05, 0) is 59.0 Å².